The number of aromatic nitrogens is 2. The molecule has 0 spiro atoms. The molecule has 0 aliphatic carbocycles. The van der Waals surface area contributed by atoms with Crippen LogP contribution in [0.5, 0.6) is 0 Å². The largest absolute Gasteiger partial charge is 0.314 e. The van der Waals surface area contributed by atoms with E-state index < -0.39 is 0 Å². The van der Waals surface area contributed by atoms with Gasteiger partial charge >= 0.3 is 0 Å². The van der Waals surface area contributed by atoms with Crippen LogP contribution in [0, 0.1) is 0 Å². The van der Waals surface area contributed by atoms with Crippen molar-refractivity contribution in [1.29, 1.82) is 0 Å². The van der Waals surface area contributed by atoms with Gasteiger partial charge in [0.2, 0.25) is 0 Å². The molecule has 21 heavy (non-hydrogen) atoms. The summed E-state index contributed by atoms with van der Waals surface area (Å²) in [5, 5.41) is 9.59. The van der Waals surface area contributed by atoms with Gasteiger partial charge in [-0.15, -0.1) is 0 Å². The minimum atomic E-state index is 0.307. The van der Waals surface area contributed by atoms with Crippen LogP contribution >= 0.6 is 0 Å². The van der Waals surface area contributed by atoms with Crippen LogP contribution in [0.3, 0.4) is 0 Å². The number of nitrogens with one attached hydrogen (secondary N) is 1. The highest BCUT2D eigenvalue weighted by Gasteiger charge is 2.28. The molecule has 1 aromatic heterocycles. The maximum absolute atomic E-state index is 4.82. The zero-order valence-corrected chi connectivity index (χ0v) is 13.4. The number of likely N-dealkylation sites (tertiary alicyclic amines) is 1. The average molecular weight is 286 g/mol. The average Bonchev–Trinajstić information content (AvgIpc) is 2.88. The second-order valence-electron chi connectivity index (χ2n) is 6.37. The van der Waals surface area contributed by atoms with Crippen molar-refractivity contribution < 1.29 is 0 Å². The quantitative estimate of drug-likeness (QED) is 0.938. The molecule has 0 radical (unpaired) electrons. The predicted molar refractivity (Wildman–Crippen MR) is 87.4 cm³/mol. The van der Waals surface area contributed by atoms with E-state index in [9.17, 15) is 0 Å². The molecule has 0 saturated carbocycles. The minimum absolute atomic E-state index is 0.307. The van der Waals surface area contributed by atoms with Crippen molar-refractivity contribution >= 4 is 10.9 Å². The Bertz CT molecular complexity index is 608. The van der Waals surface area contributed by atoms with Crippen LogP contribution in [0.2, 0.25) is 0 Å². The molecule has 2 aromatic rings. The van der Waals surface area contributed by atoms with Gasteiger partial charge in [-0.2, -0.15) is 5.10 Å². The molecule has 1 aliphatic rings. The number of fused-ring (bicyclic) bond motifs is 1. The van der Waals surface area contributed by atoms with E-state index in [0.29, 0.717) is 5.54 Å². The van der Waals surface area contributed by atoms with E-state index >= 15 is 0 Å². The van der Waals surface area contributed by atoms with Crippen LogP contribution in [0.4, 0.5) is 0 Å². The van der Waals surface area contributed by atoms with Crippen LogP contribution in [0.15, 0.2) is 24.3 Å². The molecule has 3 rings (SSSR count). The molecule has 0 bridgehead atoms. The highest BCUT2D eigenvalue weighted by atomic mass is 15.3. The molecule has 114 valence electrons. The third kappa shape index (κ3) is 2.83. The van der Waals surface area contributed by atoms with Gasteiger partial charge in [-0.25, -0.2) is 0 Å². The van der Waals surface area contributed by atoms with E-state index in [4.69, 9.17) is 5.10 Å². The van der Waals surface area contributed by atoms with Crippen molar-refractivity contribution in [2.75, 3.05) is 20.1 Å². The normalized spacial score (nSPS) is 19.2. The van der Waals surface area contributed by atoms with Gasteiger partial charge in [0.05, 0.1) is 11.2 Å². The molecule has 2 heterocycles. The van der Waals surface area contributed by atoms with Gasteiger partial charge in [0, 0.05) is 37.1 Å². The Morgan fingerprint density at radius 2 is 1.95 bits per heavy atom. The van der Waals surface area contributed by atoms with Gasteiger partial charge in [0.1, 0.15) is 0 Å². The Labute approximate surface area is 127 Å². The first-order chi connectivity index (χ1) is 10.1. The fourth-order valence-corrected chi connectivity index (χ4v) is 3.22. The van der Waals surface area contributed by atoms with E-state index in [-0.39, 0.29) is 0 Å². The molecule has 1 fully saturated rings. The van der Waals surface area contributed by atoms with E-state index in [1.54, 1.807) is 0 Å². The summed E-state index contributed by atoms with van der Waals surface area (Å²) < 4.78 is 2.12. The summed E-state index contributed by atoms with van der Waals surface area (Å²) in [6.07, 6.45) is 2.41. The zero-order chi connectivity index (χ0) is 14.9. The lowest BCUT2D eigenvalue weighted by Crippen LogP contribution is -2.49. The Morgan fingerprint density at radius 3 is 2.62 bits per heavy atom. The van der Waals surface area contributed by atoms with E-state index in [0.717, 1.165) is 26.2 Å². The highest BCUT2D eigenvalue weighted by molar-refractivity contribution is 5.81. The lowest BCUT2D eigenvalue weighted by atomic mass is 9.90. The van der Waals surface area contributed by atoms with E-state index in [2.05, 4.69) is 60.1 Å². The number of benzene rings is 1. The molecular weight excluding hydrogens is 260 g/mol. The van der Waals surface area contributed by atoms with Gasteiger partial charge in [0.25, 0.3) is 0 Å². The smallest absolute Gasteiger partial charge is 0.0843 e. The number of aryl methyl sites for hydroxylation is 1. The van der Waals surface area contributed by atoms with Gasteiger partial charge in [0.15, 0.2) is 0 Å². The maximum Gasteiger partial charge on any atom is 0.0843 e. The van der Waals surface area contributed by atoms with Gasteiger partial charge in [-0.1, -0.05) is 18.2 Å². The third-order valence-electron chi connectivity index (χ3n) is 4.97. The Kier molecular flexibility index (Phi) is 4.00. The van der Waals surface area contributed by atoms with Crippen LogP contribution in [-0.4, -0.2) is 40.4 Å². The molecule has 0 unspecified atom stereocenters. The predicted octanol–water partition coefficient (Wildman–Crippen LogP) is 2.63. The molecule has 0 amide bonds. The fraction of sp³-hybridized carbons (Fsp3) is 0.588. The van der Waals surface area contributed by atoms with Gasteiger partial charge in [-0.05, 0) is 39.8 Å². The summed E-state index contributed by atoms with van der Waals surface area (Å²) in [5.74, 6) is 0. The zero-order valence-electron chi connectivity index (χ0n) is 13.4. The monoisotopic (exact) mass is 286 g/mol. The molecule has 0 atom stereocenters. The SMILES string of the molecule is CCn1nc(CN2CCC(C)(NC)CC2)c2ccccc21. The fourth-order valence-electron chi connectivity index (χ4n) is 3.22. The first-order valence-electron chi connectivity index (χ1n) is 8.01. The van der Waals surface area contributed by atoms with Crippen molar-refractivity contribution in [3.8, 4) is 0 Å². The summed E-state index contributed by atoms with van der Waals surface area (Å²) in [6.45, 7) is 8.66. The standard InChI is InChI=1S/C17H26N4/c1-4-21-16-8-6-5-7-14(16)15(19-21)13-20-11-9-17(2,18-3)10-12-20/h5-8,18H,4,9-13H2,1-3H3. The summed E-state index contributed by atoms with van der Waals surface area (Å²) in [4.78, 5) is 2.54. The molecule has 1 aliphatic heterocycles. The van der Waals surface area contributed by atoms with E-state index in [1.165, 1.54) is 29.4 Å². The number of rotatable bonds is 4. The summed E-state index contributed by atoms with van der Waals surface area (Å²) >= 11 is 0. The molecule has 1 aromatic carbocycles. The lowest BCUT2D eigenvalue weighted by Gasteiger charge is -2.39. The summed E-state index contributed by atoms with van der Waals surface area (Å²) in [7, 11) is 2.08. The number of piperidine rings is 1. The molecular formula is C17H26N4. The van der Waals surface area contributed by atoms with Crippen LogP contribution in [0.1, 0.15) is 32.4 Å². The molecule has 4 heteroatoms. The third-order valence-corrected chi connectivity index (χ3v) is 4.97. The topological polar surface area (TPSA) is 33.1 Å². The first kappa shape index (κ1) is 14.5. The van der Waals surface area contributed by atoms with Crippen molar-refractivity contribution in [2.45, 2.75) is 45.3 Å². The summed E-state index contributed by atoms with van der Waals surface area (Å²) in [6, 6.07) is 8.58. The second-order valence-corrected chi connectivity index (χ2v) is 6.37. The molecule has 1 saturated heterocycles. The van der Waals surface area contributed by atoms with Gasteiger partial charge < -0.3 is 5.32 Å². The minimum Gasteiger partial charge on any atom is -0.314 e. The van der Waals surface area contributed by atoms with Gasteiger partial charge in [-0.3, -0.25) is 9.58 Å². The van der Waals surface area contributed by atoms with Crippen molar-refractivity contribution in [2.24, 2.45) is 0 Å². The highest BCUT2D eigenvalue weighted by Crippen LogP contribution is 2.24. The van der Waals surface area contributed by atoms with E-state index in [1.807, 2.05) is 0 Å². The Hall–Kier alpha value is -1.39. The number of para-hydroxylation sites is 1. The molecule has 4 nitrogen and oxygen atoms in total. The Balaban J connectivity index is 1.77. The molecule has 1 N–H and O–H groups in total. The van der Waals surface area contributed by atoms with Crippen molar-refractivity contribution in [3.63, 3.8) is 0 Å². The van der Waals surface area contributed by atoms with Crippen molar-refractivity contribution in [3.05, 3.63) is 30.0 Å². The first-order valence-corrected chi connectivity index (χ1v) is 8.01. The van der Waals surface area contributed by atoms with Crippen LogP contribution in [-0.2, 0) is 13.1 Å². The lowest BCUT2D eigenvalue weighted by molar-refractivity contribution is 0.145. The second kappa shape index (κ2) is 5.78. The Morgan fingerprint density at radius 1 is 1.24 bits per heavy atom. The number of nitrogens with zero attached hydrogens (tertiary/aromatic N) is 3. The summed E-state index contributed by atoms with van der Waals surface area (Å²) in [5.41, 5.74) is 2.79. The van der Waals surface area contributed by atoms with Crippen molar-refractivity contribution in [1.82, 2.24) is 20.0 Å². The maximum atomic E-state index is 4.82. The number of hydrogen-bond acceptors (Lipinski definition) is 3. The van der Waals surface area contributed by atoms with Crippen LogP contribution in [0.25, 0.3) is 10.9 Å². The number of hydrogen-bond donors (Lipinski definition) is 1. The van der Waals surface area contributed by atoms with Crippen LogP contribution < -0.4 is 5.32 Å².